The zero-order valence-corrected chi connectivity index (χ0v) is 9.48. The summed E-state index contributed by atoms with van der Waals surface area (Å²) in [7, 11) is 1.83. The molecule has 0 fully saturated rings. The lowest BCUT2D eigenvalue weighted by atomic mass is 10.1. The molecule has 2 amide bonds. The Morgan fingerprint density at radius 3 is 2.31 bits per heavy atom. The summed E-state index contributed by atoms with van der Waals surface area (Å²) >= 11 is 0. The molecule has 0 unspecified atom stereocenters. The molecule has 0 saturated carbocycles. The van der Waals surface area contributed by atoms with Crippen molar-refractivity contribution in [2.75, 3.05) is 13.6 Å². The van der Waals surface area contributed by atoms with Crippen molar-refractivity contribution < 1.29 is 4.79 Å². The maximum atomic E-state index is 11.5. The zero-order valence-electron chi connectivity index (χ0n) is 9.48. The van der Waals surface area contributed by atoms with Crippen LogP contribution in [0.2, 0.25) is 0 Å². The van der Waals surface area contributed by atoms with E-state index in [0.29, 0.717) is 0 Å². The summed E-state index contributed by atoms with van der Waals surface area (Å²) in [5, 5.41) is 2.91. The first-order valence-corrected chi connectivity index (χ1v) is 4.90. The topological polar surface area (TPSA) is 32.3 Å². The van der Waals surface area contributed by atoms with Crippen LogP contribution in [0.5, 0.6) is 0 Å². The van der Waals surface area contributed by atoms with Crippen molar-refractivity contribution in [3.8, 4) is 0 Å². The monoisotopic (exact) mass is 186 g/mol. The number of carbonyl (C=O) groups is 1. The molecular formula is C10H22N2O. The predicted octanol–water partition coefficient (Wildman–Crippen LogP) is 2.23. The Morgan fingerprint density at radius 2 is 1.92 bits per heavy atom. The number of unbranched alkanes of at least 4 members (excludes halogenated alkanes) is 1. The lowest BCUT2D eigenvalue weighted by molar-refractivity contribution is 0.199. The molecule has 0 aliphatic carbocycles. The lowest BCUT2D eigenvalue weighted by Gasteiger charge is -2.25. The SMILES string of the molecule is CCCCN(C)C(=O)NC(C)(C)C. The smallest absolute Gasteiger partial charge is 0.317 e. The van der Waals surface area contributed by atoms with Gasteiger partial charge in [-0.2, -0.15) is 0 Å². The summed E-state index contributed by atoms with van der Waals surface area (Å²) in [6.45, 7) is 8.91. The lowest BCUT2D eigenvalue weighted by Crippen LogP contribution is -2.47. The van der Waals surface area contributed by atoms with Crippen LogP contribution in [-0.4, -0.2) is 30.1 Å². The maximum Gasteiger partial charge on any atom is 0.317 e. The molecule has 0 aromatic rings. The quantitative estimate of drug-likeness (QED) is 0.720. The van der Waals surface area contributed by atoms with Crippen molar-refractivity contribution in [1.29, 1.82) is 0 Å². The van der Waals surface area contributed by atoms with E-state index < -0.39 is 0 Å². The Kier molecular flexibility index (Phi) is 4.81. The van der Waals surface area contributed by atoms with Crippen molar-refractivity contribution >= 4 is 6.03 Å². The fourth-order valence-corrected chi connectivity index (χ4v) is 0.913. The molecule has 0 spiro atoms. The fraction of sp³-hybridized carbons (Fsp3) is 0.900. The average molecular weight is 186 g/mol. The minimum Gasteiger partial charge on any atom is -0.333 e. The highest BCUT2D eigenvalue weighted by Crippen LogP contribution is 2.00. The fourth-order valence-electron chi connectivity index (χ4n) is 0.913. The van der Waals surface area contributed by atoms with Crippen LogP contribution >= 0.6 is 0 Å². The summed E-state index contributed by atoms with van der Waals surface area (Å²) in [6.07, 6.45) is 2.18. The molecule has 0 radical (unpaired) electrons. The Morgan fingerprint density at radius 1 is 1.38 bits per heavy atom. The van der Waals surface area contributed by atoms with E-state index in [9.17, 15) is 4.79 Å². The molecule has 0 atom stereocenters. The number of nitrogens with one attached hydrogen (secondary N) is 1. The third-order valence-electron chi connectivity index (χ3n) is 1.68. The molecule has 0 bridgehead atoms. The highest BCUT2D eigenvalue weighted by Gasteiger charge is 2.15. The van der Waals surface area contributed by atoms with E-state index in [4.69, 9.17) is 0 Å². The first-order chi connectivity index (χ1) is 5.87. The molecule has 0 rings (SSSR count). The highest BCUT2D eigenvalue weighted by molar-refractivity contribution is 5.74. The zero-order chi connectivity index (χ0) is 10.5. The second kappa shape index (κ2) is 5.10. The van der Waals surface area contributed by atoms with Gasteiger partial charge in [0, 0.05) is 19.1 Å². The predicted molar refractivity (Wildman–Crippen MR) is 55.8 cm³/mol. The molecule has 3 nitrogen and oxygen atoms in total. The van der Waals surface area contributed by atoms with Gasteiger partial charge in [-0.15, -0.1) is 0 Å². The van der Waals surface area contributed by atoms with E-state index in [1.54, 1.807) is 4.90 Å². The Hall–Kier alpha value is -0.730. The summed E-state index contributed by atoms with van der Waals surface area (Å²) < 4.78 is 0. The molecule has 13 heavy (non-hydrogen) atoms. The van der Waals surface area contributed by atoms with Gasteiger partial charge >= 0.3 is 6.03 Å². The molecule has 0 aliphatic heterocycles. The summed E-state index contributed by atoms with van der Waals surface area (Å²) in [6, 6.07) is 0.0148. The largest absolute Gasteiger partial charge is 0.333 e. The Bertz CT molecular complexity index is 161. The molecule has 3 heteroatoms. The minimum atomic E-state index is -0.141. The van der Waals surface area contributed by atoms with Crippen LogP contribution in [-0.2, 0) is 0 Å². The van der Waals surface area contributed by atoms with Crippen molar-refractivity contribution in [2.24, 2.45) is 0 Å². The third-order valence-corrected chi connectivity index (χ3v) is 1.68. The average Bonchev–Trinajstić information content (AvgIpc) is 1.96. The standard InChI is InChI=1S/C10H22N2O/c1-6-7-8-12(5)9(13)11-10(2,3)4/h6-8H2,1-5H3,(H,11,13). The van der Waals surface area contributed by atoms with Crippen LogP contribution in [0.1, 0.15) is 40.5 Å². The number of nitrogens with zero attached hydrogens (tertiary/aromatic N) is 1. The van der Waals surface area contributed by atoms with Crippen molar-refractivity contribution in [3.63, 3.8) is 0 Å². The van der Waals surface area contributed by atoms with E-state index >= 15 is 0 Å². The molecule has 0 aliphatic rings. The maximum absolute atomic E-state index is 11.5. The van der Waals surface area contributed by atoms with Gasteiger partial charge in [0.25, 0.3) is 0 Å². The van der Waals surface area contributed by atoms with Crippen LogP contribution in [0, 0.1) is 0 Å². The number of urea groups is 1. The number of rotatable bonds is 3. The first-order valence-electron chi connectivity index (χ1n) is 4.90. The molecule has 0 heterocycles. The number of hydrogen-bond donors (Lipinski definition) is 1. The van der Waals surface area contributed by atoms with Crippen LogP contribution < -0.4 is 5.32 Å². The number of hydrogen-bond acceptors (Lipinski definition) is 1. The van der Waals surface area contributed by atoms with Gasteiger partial charge in [0.15, 0.2) is 0 Å². The summed E-state index contributed by atoms with van der Waals surface area (Å²) in [4.78, 5) is 13.2. The molecule has 0 aromatic heterocycles. The first kappa shape index (κ1) is 12.3. The van der Waals surface area contributed by atoms with Gasteiger partial charge in [0.05, 0.1) is 0 Å². The van der Waals surface area contributed by atoms with Crippen LogP contribution in [0.25, 0.3) is 0 Å². The molecular weight excluding hydrogens is 164 g/mol. The van der Waals surface area contributed by atoms with Gasteiger partial charge < -0.3 is 10.2 Å². The number of amides is 2. The van der Waals surface area contributed by atoms with Gasteiger partial charge in [0.2, 0.25) is 0 Å². The van der Waals surface area contributed by atoms with E-state index in [1.807, 2.05) is 27.8 Å². The van der Waals surface area contributed by atoms with E-state index in [0.717, 1.165) is 19.4 Å². The second-order valence-electron chi connectivity index (χ2n) is 4.46. The van der Waals surface area contributed by atoms with Crippen molar-refractivity contribution in [3.05, 3.63) is 0 Å². The Labute approximate surface area is 81.5 Å². The molecule has 0 saturated heterocycles. The van der Waals surface area contributed by atoms with Crippen molar-refractivity contribution in [1.82, 2.24) is 10.2 Å². The van der Waals surface area contributed by atoms with E-state index in [-0.39, 0.29) is 11.6 Å². The van der Waals surface area contributed by atoms with E-state index in [1.165, 1.54) is 0 Å². The Balaban J connectivity index is 3.83. The summed E-state index contributed by atoms with van der Waals surface area (Å²) in [5.74, 6) is 0. The van der Waals surface area contributed by atoms with E-state index in [2.05, 4.69) is 12.2 Å². The van der Waals surface area contributed by atoms with Crippen LogP contribution in [0.15, 0.2) is 0 Å². The van der Waals surface area contributed by atoms with Gasteiger partial charge in [-0.3, -0.25) is 0 Å². The van der Waals surface area contributed by atoms with Crippen molar-refractivity contribution in [2.45, 2.75) is 46.1 Å². The minimum absolute atomic E-state index is 0.0148. The number of carbonyl (C=O) groups excluding carboxylic acids is 1. The second-order valence-corrected chi connectivity index (χ2v) is 4.46. The third kappa shape index (κ3) is 6.43. The van der Waals surface area contributed by atoms with Gasteiger partial charge in [-0.25, -0.2) is 4.79 Å². The van der Waals surface area contributed by atoms with Gasteiger partial charge in [0.1, 0.15) is 0 Å². The highest BCUT2D eigenvalue weighted by atomic mass is 16.2. The van der Waals surface area contributed by atoms with Crippen LogP contribution in [0.3, 0.4) is 0 Å². The normalized spacial score (nSPS) is 11.2. The van der Waals surface area contributed by atoms with Gasteiger partial charge in [-0.05, 0) is 27.2 Å². The molecule has 0 aromatic carbocycles. The molecule has 1 N–H and O–H groups in total. The summed E-state index contributed by atoms with van der Waals surface area (Å²) in [5.41, 5.74) is -0.141. The van der Waals surface area contributed by atoms with Gasteiger partial charge in [-0.1, -0.05) is 13.3 Å². The van der Waals surface area contributed by atoms with Crippen LogP contribution in [0.4, 0.5) is 4.79 Å². The molecule has 78 valence electrons.